The third-order valence-electron chi connectivity index (χ3n) is 3.90. The molecule has 1 heterocycles. The molecule has 7 nitrogen and oxygen atoms in total. The van der Waals surface area contributed by atoms with Crippen LogP contribution in [0.4, 0.5) is 0 Å². The molecule has 0 aliphatic heterocycles. The topological polar surface area (TPSA) is 73.1 Å². The van der Waals surface area contributed by atoms with Gasteiger partial charge >= 0.3 is 0 Å². The van der Waals surface area contributed by atoms with Crippen molar-refractivity contribution in [3.63, 3.8) is 0 Å². The van der Waals surface area contributed by atoms with Crippen molar-refractivity contribution in [2.24, 2.45) is 0 Å². The van der Waals surface area contributed by atoms with Gasteiger partial charge in [-0.25, -0.2) is 0 Å². The van der Waals surface area contributed by atoms with Crippen LogP contribution in [-0.2, 0) is 22.6 Å². The molecule has 0 atom stereocenters. The van der Waals surface area contributed by atoms with Crippen LogP contribution in [0.3, 0.4) is 0 Å². The lowest BCUT2D eigenvalue weighted by atomic mass is 10.2. The lowest BCUT2D eigenvalue weighted by molar-refractivity contribution is -0.133. The van der Waals surface area contributed by atoms with Crippen LogP contribution in [-0.4, -0.2) is 51.3 Å². The Labute approximate surface area is 152 Å². The summed E-state index contributed by atoms with van der Waals surface area (Å²) in [6.07, 6.45) is 0. The molecule has 134 valence electrons. The van der Waals surface area contributed by atoms with Gasteiger partial charge in [0.15, 0.2) is 0 Å². The highest BCUT2D eigenvalue weighted by Crippen LogP contribution is 2.12. The van der Waals surface area contributed by atoms with E-state index in [9.17, 15) is 4.79 Å². The third kappa shape index (κ3) is 4.73. The van der Waals surface area contributed by atoms with Gasteiger partial charge in [0.25, 0.3) is 0 Å². The molecule has 0 bridgehead atoms. The summed E-state index contributed by atoms with van der Waals surface area (Å²) in [5.74, 6) is 0.424. The number of nitrogens with zero attached hydrogens (tertiary/aromatic N) is 5. The molecule has 0 spiro atoms. The highest BCUT2D eigenvalue weighted by atomic mass is 16.5. The number of ether oxygens (including phenoxy) is 1. The van der Waals surface area contributed by atoms with Gasteiger partial charge in [0.1, 0.15) is 6.54 Å². The maximum atomic E-state index is 12.7. The number of carbonyl (C=O) groups excluding carboxylic acids is 1. The van der Waals surface area contributed by atoms with Gasteiger partial charge in [-0.15, -0.1) is 10.2 Å². The van der Waals surface area contributed by atoms with E-state index in [2.05, 4.69) is 15.4 Å². The SMILES string of the molecule is COCCN(Cc1ccccc1)C(=O)Cn1nnc(-c2ccccc2)n1. The molecule has 3 rings (SSSR count). The number of aromatic nitrogens is 4. The molecule has 0 aliphatic rings. The quantitative estimate of drug-likeness (QED) is 0.621. The summed E-state index contributed by atoms with van der Waals surface area (Å²) >= 11 is 0. The summed E-state index contributed by atoms with van der Waals surface area (Å²) in [5.41, 5.74) is 1.93. The minimum absolute atomic E-state index is 0.0381. The van der Waals surface area contributed by atoms with E-state index in [4.69, 9.17) is 4.74 Å². The minimum atomic E-state index is -0.0806. The fourth-order valence-corrected chi connectivity index (χ4v) is 2.53. The molecule has 1 amide bonds. The summed E-state index contributed by atoms with van der Waals surface area (Å²) in [7, 11) is 1.62. The largest absolute Gasteiger partial charge is 0.383 e. The predicted molar refractivity (Wildman–Crippen MR) is 97.0 cm³/mol. The molecular formula is C19H21N5O2. The smallest absolute Gasteiger partial charge is 0.246 e. The van der Waals surface area contributed by atoms with Crippen LogP contribution in [0.5, 0.6) is 0 Å². The van der Waals surface area contributed by atoms with Crippen LogP contribution in [0.1, 0.15) is 5.56 Å². The first-order valence-electron chi connectivity index (χ1n) is 8.40. The van der Waals surface area contributed by atoms with E-state index in [1.54, 1.807) is 12.0 Å². The van der Waals surface area contributed by atoms with Crippen molar-refractivity contribution >= 4 is 5.91 Å². The van der Waals surface area contributed by atoms with Crippen molar-refractivity contribution in [2.45, 2.75) is 13.1 Å². The standard InChI is InChI=1S/C19H21N5O2/c1-26-13-12-23(14-16-8-4-2-5-9-16)18(25)15-24-21-19(20-22-24)17-10-6-3-7-11-17/h2-11H,12-15H2,1H3. The Morgan fingerprint density at radius 1 is 1.08 bits per heavy atom. The zero-order valence-electron chi connectivity index (χ0n) is 14.7. The second-order valence-corrected chi connectivity index (χ2v) is 5.80. The monoisotopic (exact) mass is 351 g/mol. The third-order valence-corrected chi connectivity index (χ3v) is 3.90. The van der Waals surface area contributed by atoms with Gasteiger partial charge in [0, 0.05) is 25.8 Å². The number of benzene rings is 2. The molecule has 3 aromatic rings. The first-order valence-corrected chi connectivity index (χ1v) is 8.40. The fourth-order valence-electron chi connectivity index (χ4n) is 2.53. The highest BCUT2D eigenvalue weighted by Gasteiger charge is 2.16. The number of carbonyl (C=O) groups is 1. The fraction of sp³-hybridized carbons (Fsp3) is 0.263. The van der Waals surface area contributed by atoms with E-state index >= 15 is 0 Å². The van der Waals surface area contributed by atoms with Crippen LogP contribution in [0, 0.1) is 0 Å². The second-order valence-electron chi connectivity index (χ2n) is 5.80. The van der Waals surface area contributed by atoms with E-state index in [0.29, 0.717) is 25.5 Å². The van der Waals surface area contributed by atoms with E-state index in [1.807, 2.05) is 60.7 Å². The summed E-state index contributed by atoms with van der Waals surface area (Å²) < 4.78 is 5.13. The number of tetrazole rings is 1. The Morgan fingerprint density at radius 2 is 1.77 bits per heavy atom. The Bertz CT molecular complexity index is 820. The van der Waals surface area contributed by atoms with E-state index < -0.39 is 0 Å². The maximum absolute atomic E-state index is 12.7. The minimum Gasteiger partial charge on any atom is -0.383 e. The van der Waals surface area contributed by atoms with Crippen LogP contribution in [0.15, 0.2) is 60.7 Å². The van der Waals surface area contributed by atoms with Crippen LogP contribution in [0.25, 0.3) is 11.4 Å². The van der Waals surface area contributed by atoms with E-state index in [1.165, 1.54) is 4.80 Å². The Kier molecular flexibility index (Phi) is 6.05. The predicted octanol–water partition coefficient (Wildman–Crippen LogP) is 2.02. The van der Waals surface area contributed by atoms with Gasteiger partial charge < -0.3 is 9.64 Å². The summed E-state index contributed by atoms with van der Waals surface area (Å²) in [6, 6.07) is 19.4. The Balaban J connectivity index is 1.68. The molecule has 0 aliphatic carbocycles. The summed E-state index contributed by atoms with van der Waals surface area (Å²) in [4.78, 5) is 15.8. The molecule has 0 saturated heterocycles. The molecule has 0 unspecified atom stereocenters. The summed E-state index contributed by atoms with van der Waals surface area (Å²) in [6.45, 7) is 1.53. The zero-order valence-corrected chi connectivity index (χ0v) is 14.7. The van der Waals surface area contributed by atoms with Crippen molar-refractivity contribution in [2.75, 3.05) is 20.3 Å². The zero-order chi connectivity index (χ0) is 18.2. The first kappa shape index (κ1) is 17.8. The molecule has 0 radical (unpaired) electrons. The van der Waals surface area contributed by atoms with Gasteiger partial charge in [-0.1, -0.05) is 60.7 Å². The van der Waals surface area contributed by atoms with Gasteiger partial charge in [0.05, 0.1) is 6.61 Å². The van der Waals surface area contributed by atoms with Crippen molar-refractivity contribution in [1.29, 1.82) is 0 Å². The molecular weight excluding hydrogens is 330 g/mol. The highest BCUT2D eigenvalue weighted by molar-refractivity contribution is 5.75. The van der Waals surface area contributed by atoms with Gasteiger partial charge in [-0.2, -0.15) is 4.80 Å². The van der Waals surface area contributed by atoms with Gasteiger partial charge in [-0.3, -0.25) is 4.79 Å². The van der Waals surface area contributed by atoms with Gasteiger partial charge in [0.2, 0.25) is 11.7 Å². The van der Waals surface area contributed by atoms with Crippen LogP contribution in [0.2, 0.25) is 0 Å². The number of hydrogen-bond acceptors (Lipinski definition) is 5. The number of methoxy groups -OCH3 is 1. The average Bonchev–Trinajstić information content (AvgIpc) is 3.15. The van der Waals surface area contributed by atoms with E-state index in [-0.39, 0.29) is 12.5 Å². The molecule has 7 heteroatoms. The number of hydrogen-bond donors (Lipinski definition) is 0. The Morgan fingerprint density at radius 3 is 2.46 bits per heavy atom. The molecule has 0 saturated carbocycles. The average molecular weight is 351 g/mol. The summed E-state index contributed by atoms with van der Waals surface area (Å²) in [5, 5.41) is 12.3. The second kappa shape index (κ2) is 8.87. The molecule has 0 N–H and O–H groups in total. The van der Waals surface area contributed by atoms with Gasteiger partial charge in [-0.05, 0) is 10.8 Å². The van der Waals surface area contributed by atoms with E-state index in [0.717, 1.165) is 11.1 Å². The molecule has 1 aromatic heterocycles. The number of rotatable bonds is 8. The Hall–Kier alpha value is -3.06. The molecule has 2 aromatic carbocycles. The van der Waals surface area contributed by atoms with Crippen molar-refractivity contribution in [3.8, 4) is 11.4 Å². The molecule has 0 fully saturated rings. The van der Waals surface area contributed by atoms with Crippen molar-refractivity contribution < 1.29 is 9.53 Å². The van der Waals surface area contributed by atoms with Crippen molar-refractivity contribution in [1.82, 2.24) is 25.1 Å². The lowest BCUT2D eigenvalue weighted by Crippen LogP contribution is -2.36. The first-order chi connectivity index (χ1) is 12.8. The van der Waals surface area contributed by atoms with Crippen LogP contribution >= 0.6 is 0 Å². The lowest BCUT2D eigenvalue weighted by Gasteiger charge is -2.22. The van der Waals surface area contributed by atoms with Crippen molar-refractivity contribution in [3.05, 3.63) is 66.2 Å². The molecule has 26 heavy (non-hydrogen) atoms. The normalized spacial score (nSPS) is 10.7. The number of amides is 1. The maximum Gasteiger partial charge on any atom is 0.246 e. The van der Waals surface area contributed by atoms with Crippen LogP contribution < -0.4 is 0 Å².